The topological polar surface area (TPSA) is 78.5 Å². The molecule has 0 saturated heterocycles. The maximum Gasteiger partial charge on any atom is 0.283 e. The van der Waals surface area contributed by atoms with Gasteiger partial charge in [-0.25, -0.2) is 4.90 Å². The van der Waals surface area contributed by atoms with Gasteiger partial charge >= 0.3 is 0 Å². The first kappa shape index (κ1) is 21.6. The Bertz CT molecular complexity index is 1250. The highest BCUT2D eigenvalue weighted by molar-refractivity contribution is 6.53. The van der Waals surface area contributed by atoms with Gasteiger partial charge in [-0.1, -0.05) is 53.0 Å². The predicted molar refractivity (Wildman–Crippen MR) is 126 cm³/mol. The Morgan fingerprint density at radius 2 is 1.50 bits per heavy atom. The van der Waals surface area contributed by atoms with Gasteiger partial charge in [-0.2, -0.15) is 0 Å². The summed E-state index contributed by atoms with van der Waals surface area (Å²) in [4.78, 5) is 38.9. The molecule has 0 bridgehead atoms. The van der Waals surface area contributed by atoms with Crippen molar-refractivity contribution in [2.75, 3.05) is 15.5 Å². The SMILES string of the molecule is Cc1ccc(N2C(=O)C(Cl)=C(Nc3ccc(C(=O)Nc4ccccc4Cl)cc3)C2=O)cc1. The second kappa shape index (κ2) is 8.86. The van der Waals surface area contributed by atoms with E-state index in [-0.39, 0.29) is 16.6 Å². The van der Waals surface area contributed by atoms with Crippen molar-refractivity contribution in [1.82, 2.24) is 0 Å². The number of hydrogen-bond acceptors (Lipinski definition) is 4. The Hall–Kier alpha value is -3.61. The smallest absolute Gasteiger partial charge is 0.283 e. The van der Waals surface area contributed by atoms with Crippen LogP contribution in [0.3, 0.4) is 0 Å². The molecule has 3 aromatic rings. The fraction of sp³-hybridized carbons (Fsp3) is 0.0417. The summed E-state index contributed by atoms with van der Waals surface area (Å²) in [5.74, 6) is -1.48. The van der Waals surface area contributed by atoms with Crippen LogP contribution in [0.4, 0.5) is 17.1 Å². The van der Waals surface area contributed by atoms with Crippen molar-refractivity contribution in [1.29, 1.82) is 0 Å². The summed E-state index contributed by atoms with van der Waals surface area (Å²) < 4.78 is 0. The zero-order valence-electron chi connectivity index (χ0n) is 16.9. The van der Waals surface area contributed by atoms with Gasteiger partial charge in [0.05, 0.1) is 16.4 Å². The Kier molecular flexibility index (Phi) is 5.99. The van der Waals surface area contributed by atoms with Crippen molar-refractivity contribution in [3.05, 3.63) is 99.7 Å². The van der Waals surface area contributed by atoms with Gasteiger partial charge in [-0.15, -0.1) is 0 Å². The number of aryl methyl sites for hydroxylation is 1. The van der Waals surface area contributed by atoms with Crippen LogP contribution in [0.5, 0.6) is 0 Å². The average Bonchev–Trinajstić information content (AvgIpc) is 3.00. The molecule has 0 saturated carbocycles. The van der Waals surface area contributed by atoms with Crippen LogP contribution in [0.25, 0.3) is 0 Å². The van der Waals surface area contributed by atoms with Gasteiger partial charge in [0.1, 0.15) is 10.7 Å². The van der Waals surface area contributed by atoms with Gasteiger partial charge in [0, 0.05) is 11.3 Å². The third-order valence-electron chi connectivity index (χ3n) is 4.86. The third-order valence-corrected chi connectivity index (χ3v) is 5.54. The molecule has 1 aliphatic heterocycles. The van der Waals surface area contributed by atoms with Crippen LogP contribution in [0.15, 0.2) is 83.5 Å². The van der Waals surface area contributed by atoms with Gasteiger partial charge in [0.25, 0.3) is 17.7 Å². The van der Waals surface area contributed by atoms with Crippen molar-refractivity contribution in [2.45, 2.75) is 6.92 Å². The van der Waals surface area contributed by atoms with Gasteiger partial charge < -0.3 is 10.6 Å². The number of imide groups is 1. The lowest BCUT2D eigenvalue weighted by Gasteiger charge is -2.15. The number of hydrogen-bond donors (Lipinski definition) is 2. The molecular formula is C24H17Cl2N3O3. The molecule has 0 fully saturated rings. The van der Waals surface area contributed by atoms with Crippen molar-refractivity contribution in [2.24, 2.45) is 0 Å². The van der Waals surface area contributed by atoms with Crippen LogP contribution in [-0.4, -0.2) is 17.7 Å². The summed E-state index contributed by atoms with van der Waals surface area (Å²) in [5.41, 5.74) is 2.82. The van der Waals surface area contributed by atoms with Crippen LogP contribution in [0.1, 0.15) is 15.9 Å². The number of nitrogens with one attached hydrogen (secondary N) is 2. The number of benzene rings is 3. The molecule has 4 rings (SSSR count). The number of amides is 3. The molecule has 8 heteroatoms. The van der Waals surface area contributed by atoms with E-state index >= 15 is 0 Å². The standard InChI is InChI=1S/C24H17Cl2N3O3/c1-14-6-12-17(13-7-14)29-23(31)20(26)21(24(29)32)27-16-10-8-15(9-11-16)22(30)28-19-5-3-2-4-18(19)25/h2-13,27H,1H3,(H,28,30). The Morgan fingerprint density at radius 3 is 2.16 bits per heavy atom. The van der Waals surface area contributed by atoms with E-state index in [2.05, 4.69) is 10.6 Å². The Labute approximate surface area is 194 Å². The number of carbonyl (C=O) groups excluding carboxylic acids is 3. The minimum atomic E-state index is -0.598. The van der Waals surface area contributed by atoms with Crippen LogP contribution in [-0.2, 0) is 9.59 Å². The van der Waals surface area contributed by atoms with E-state index in [0.29, 0.717) is 27.6 Å². The first-order chi connectivity index (χ1) is 15.3. The molecule has 3 amide bonds. The van der Waals surface area contributed by atoms with E-state index in [1.54, 1.807) is 60.7 Å². The van der Waals surface area contributed by atoms with E-state index in [4.69, 9.17) is 23.2 Å². The lowest BCUT2D eigenvalue weighted by Crippen LogP contribution is -2.32. The number of halogens is 2. The zero-order valence-corrected chi connectivity index (χ0v) is 18.4. The van der Waals surface area contributed by atoms with E-state index in [1.807, 2.05) is 19.1 Å². The zero-order chi connectivity index (χ0) is 22.8. The largest absolute Gasteiger partial charge is 0.350 e. The Morgan fingerprint density at radius 1 is 0.844 bits per heavy atom. The van der Waals surface area contributed by atoms with E-state index < -0.39 is 11.8 Å². The summed E-state index contributed by atoms with van der Waals surface area (Å²) in [5, 5.41) is 5.86. The molecule has 0 unspecified atom stereocenters. The molecule has 1 aliphatic rings. The fourth-order valence-corrected chi connectivity index (χ4v) is 3.54. The minimum Gasteiger partial charge on any atom is -0.350 e. The van der Waals surface area contributed by atoms with Gasteiger partial charge in [-0.05, 0) is 55.5 Å². The molecule has 0 aromatic heterocycles. The summed E-state index contributed by atoms with van der Waals surface area (Å²) in [6.07, 6.45) is 0. The molecule has 0 aliphatic carbocycles. The molecular weight excluding hydrogens is 449 g/mol. The Balaban J connectivity index is 1.49. The van der Waals surface area contributed by atoms with Crippen molar-refractivity contribution >= 4 is 58.0 Å². The first-order valence-corrected chi connectivity index (χ1v) is 10.4. The third kappa shape index (κ3) is 4.23. The van der Waals surface area contributed by atoms with Crippen LogP contribution in [0, 0.1) is 6.92 Å². The number of carbonyl (C=O) groups is 3. The van der Waals surface area contributed by atoms with Crippen molar-refractivity contribution in [3.63, 3.8) is 0 Å². The highest BCUT2D eigenvalue weighted by atomic mass is 35.5. The van der Waals surface area contributed by atoms with Crippen molar-refractivity contribution in [3.8, 4) is 0 Å². The number of anilines is 3. The van der Waals surface area contributed by atoms with Crippen LogP contribution < -0.4 is 15.5 Å². The molecule has 160 valence electrons. The highest BCUT2D eigenvalue weighted by Gasteiger charge is 2.38. The first-order valence-electron chi connectivity index (χ1n) is 9.63. The van der Waals surface area contributed by atoms with Gasteiger partial charge in [-0.3, -0.25) is 14.4 Å². The maximum atomic E-state index is 12.9. The fourth-order valence-electron chi connectivity index (χ4n) is 3.15. The molecule has 2 N–H and O–H groups in total. The van der Waals surface area contributed by atoms with E-state index in [9.17, 15) is 14.4 Å². The summed E-state index contributed by atoms with van der Waals surface area (Å²) in [6, 6.07) is 20.3. The second-order valence-electron chi connectivity index (χ2n) is 7.11. The van der Waals surface area contributed by atoms with Crippen molar-refractivity contribution < 1.29 is 14.4 Å². The van der Waals surface area contributed by atoms with Gasteiger partial charge in [0.15, 0.2) is 0 Å². The molecule has 0 atom stereocenters. The number of nitrogens with zero attached hydrogens (tertiary/aromatic N) is 1. The molecule has 0 spiro atoms. The predicted octanol–water partition coefficient (Wildman–Crippen LogP) is 5.34. The van der Waals surface area contributed by atoms with E-state index in [1.165, 1.54) is 0 Å². The number of rotatable bonds is 5. The molecule has 3 aromatic carbocycles. The molecule has 6 nitrogen and oxygen atoms in total. The molecule has 1 heterocycles. The molecule has 32 heavy (non-hydrogen) atoms. The highest BCUT2D eigenvalue weighted by Crippen LogP contribution is 2.30. The monoisotopic (exact) mass is 465 g/mol. The summed E-state index contributed by atoms with van der Waals surface area (Å²) in [6.45, 7) is 1.91. The summed E-state index contributed by atoms with van der Waals surface area (Å²) in [7, 11) is 0. The lowest BCUT2D eigenvalue weighted by molar-refractivity contribution is -0.120. The van der Waals surface area contributed by atoms with Gasteiger partial charge in [0.2, 0.25) is 0 Å². The van der Waals surface area contributed by atoms with E-state index in [0.717, 1.165) is 10.5 Å². The normalized spacial score (nSPS) is 13.5. The van der Waals surface area contributed by atoms with Crippen LogP contribution >= 0.6 is 23.2 Å². The minimum absolute atomic E-state index is 0.0227. The summed E-state index contributed by atoms with van der Waals surface area (Å²) >= 11 is 12.2. The maximum absolute atomic E-state index is 12.9. The number of para-hydroxylation sites is 1. The van der Waals surface area contributed by atoms with Crippen LogP contribution in [0.2, 0.25) is 5.02 Å². The average molecular weight is 466 g/mol. The second-order valence-corrected chi connectivity index (χ2v) is 7.89. The molecule has 0 radical (unpaired) electrons. The quantitative estimate of drug-likeness (QED) is 0.498. The lowest BCUT2D eigenvalue weighted by atomic mass is 10.2.